The Morgan fingerprint density at radius 3 is 2.52 bits per heavy atom. The summed E-state index contributed by atoms with van der Waals surface area (Å²) >= 11 is 0. The maximum absolute atomic E-state index is 13.3. The Morgan fingerprint density at radius 2 is 1.79 bits per heavy atom. The number of carbonyl (C=O) groups excluding carboxylic acids is 1. The molecule has 0 aromatic carbocycles. The van der Waals surface area contributed by atoms with Gasteiger partial charge in [0.1, 0.15) is 5.65 Å². The first-order valence-electron chi connectivity index (χ1n) is 11.6. The van der Waals surface area contributed by atoms with E-state index in [1.54, 1.807) is 6.20 Å². The quantitative estimate of drug-likeness (QED) is 0.480. The second kappa shape index (κ2) is 8.26. The van der Waals surface area contributed by atoms with Crippen molar-refractivity contribution in [3.8, 4) is 0 Å². The zero-order valence-corrected chi connectivity index (χ0v) is 20.0. The Labute approximate surface area is 193 Å². The molecule has 0 atom stereocenters. The summed E-state index contributed by atoms with van der Waals surface area (Å²) in [5, 5.41) is 5.35. The van der Waals surface area contributed by atoms with Crippen LogP contribution in [0, 0.1) is 20.8 Å². The molecule has 1 aliphatic rings. The lowest BCUT2D eigenvalue weighted by atomic mass is 10.1. The molecule has 172 valence electrons. The number of rotatable bonds is 4. The number of hydrogen-bond donors (Lipinski definition) is 0. The molecule has 5 rings (SSSR count). The molecule has 33 heavy (non-hydrogen) atoms. The van der Waals surface area contributed by atoms with Crippen LogP contribution in [-0.2, 0) is 6.54 Å². The second-order valence-corrected chi connectivity index (χ2v) is 9.36. The lowest BCUT2D eigenvalue weighted by molar-refractivity contribution is 0.0625. The summed E-state index contributed by atoms with van der Waals surface area (Å²) in [6.45, 7) is 14.2. The third-order valence-corrected chi connectivity index (χ3v) is 6.59. The summed E-state index contributed by atoms with van der Waals surface area (Å²) in [6, 6.07) is 6.41. The highest BCUT2D eigenvalue weighted by Crippen LogP contribution is 2.22. The van der Waals surface area contributed by atoms with E-state index < -0.39 is 0 Å². The van der Waals surface area contributed by atoms with Crippen molar-refractivity contribution in [1.82, 2.24) is 33.9 Å². The number of hydrogen-bond acceptors (Lipinski definition) is 5. The van der Waals surface area contributed by atoms with E-state index in [9.17, 15) is 4.79 Å². The standard InChI is InChI=1S/C25H31N7O/c1-16(2)32-24-20(14-26-32)13-21(18(4)28-24)25(33)30-10-8-29(9-11-30)15-22-19(5)27-23-12-17(3)6-7-31(22)23/h6-7,12-14,16H,8-11,15H2,1-5H3. The van der Waals surface area contributed by atoms with Gasteiger partial charge in [-0.3, -0.25) is 9.69 Å². The van der Waals surface area contributed by atoms with Gasteiger partial charge in [0.15, 0.2) is 5.65 Å². The van der Waals surface area contributed by atoms with E-state index in [1.807, 2.05) is 22.6 Å². The fourth-order valence-corrected chi connectivity index (χ4v) is 4.66. The second-order valence-electron chi connectivity index (χ2n) is 9.36. The van der Waals surface area contributed by atoms with E-state index in [1.165, 1.54) is 11.3 Å². The lowest BCUT2D eigenvalue weighted by Crippen LogP contribution is -2.48. The average molecular weight is 446 g/mol. The summed E-state index contributed by atoms with van der Waals surface area (Å²) in [5.41, 5.74) is 6.76. The van der Waals surface area contributed by atoms with Crippen molar-refractivity contribution in [3.05, 3.63) is 58.8 Å². The minimum Gasteiger partial charge on any atom is -0.336 e. The molecule has 1 saturated heterocycles. The first-order valence-corrected chi connectivity index (χ1v) is 11.6. The van der Waals surface area contributed by atoms with E-state index in [4.69, 9.17) is 9.97 Å². The van der Waals surface area contributed by atoms with Gasteiger partial charge < -0.3 is 9.30 Å². The molecule has 8 nitrogen and oxygen atoms in total. The van der Waals surface area contributed by atoms with E-state index >= 15 is 0 Å². The molecule has 1 aliphatic heterocycles. The first kappa shape index (κ1) is 21.6. The van der Waals surface area contributed by atoms with Crippen LogP contribution in [-0.4, -0.2) is 66.0 Å². The highest BCUT2D eigenvalue weighted by atomic mass is 16.2. The molecule has 4 aromatic heterocycles. The fraction of sp³-hybridized carbons (Fsp3) is 0.440. The van der Waals surface area contributed by atoms with Gasteiger partial charge >= 0.3 is 0 Å². The van der Waals surface area contributed by atoms with Crippen molar-refractivity contribution < 1.29 is 4.79 Å². The number of carbonyl (C=O) groups is 1. The number of pyridine rings is 2. The molecule has 0 unspecified atom stereocenters. The van der Waals surface area contributed by atoms with Gasteiger partial charge in [-0.05, 0) is 58.4 Å². The summed E-state index contributed by atoms with van der Waals surface area (Å²) < 4.78 is 4.08. The monoisotopic (exact) mass is 445 g/mol. The molecule has 4 aromatic rings. The molecule has 0 radical (unpaired) electrons. The Balaban J connectivity index is 1.29. The largest absolute Gasteiger partial charge is 0.336 e. The van der Waals surface area contributed by atoms with Crippen LogP contribution in [0.2, 0.25) is 0 Å². The molecular weight excluding hydrogens is 414 g/mol. The number of amides is 1. The summed E-state index contributed by atoms with van der Waals surface area (Å²) in [6.07, 6.45) is 3.91. The molecule has 1 amide bonds. The number of imidazole rings is 1. The molecule has 0 bridgehead atoms. The lowest BCUT2D eigenvalue weighted by Gasteiger charge is -2.35. The van der Waals surface area contributed by atoms with Gasteiger partial charge in [-0.25, -0.2) is 14.6 Å². The molecule has 8 heteroatoms. The van der Waals surface area contributed by atoms with Gasteiger partial charge in [-0.2, -0.15) is 5.10 Å². The summed E-state index contributed by atoms with van der Waals surface area (Å²) in [7, 11) is 0. The molecule has 5 heterocycles. The van der Waals surface area contributed by atoms with Crippen LogP contribution in [0.15, 0.2) is 30.6 Å². The topological polar surface area (TPSA) is 71.6 Å². The van der Waals surface area contributed by atoms with Crippen molar-refractivity contribution in [2.45, 2.75) is 47.2 Å². The highest BCUT2D eigenvalue weighted by Gasteiger charge is 2.25. The van der Waals surface area contributed by atoms with Crippen molar-refractivity contribution in [3.63, 3.8) is 0 Å². The normalized spacial score (nSPS) is 15.3. The van der Waals surface area contributed by atoms with Gasteiger partial charge in [0, 0.05) is 50.3 Å². The zero-order valence-electron chi connectivity index (χ0n) is 20.0. The molecule has 0 saturated carbocycles. The maximum atomic E-state index is 13.3. The van der Waals surface area contributed by atoms with Crippen molar-refractivity contribution in [2.24, 2.45) is 0 Å². The molecule has 0 N–H and O–H groups in total. The molecule has 0 aliphatic carbocycles. The third kappa shape index (κ3) is 3.88. The Morgan fingerprint density at radius 1 is 1.03 bits per heavy atom. The highest BCUT2D eigenvalue weighted by molar-refractivity contribution is 5.98. The first-order chi connectivity index (χ1) is 15.8. The Bertz CT molecular complexity index is 1340. The average Bonchev–Trinajstić information content (AvgIpc) is 3.33. The van der Waals surface area contributed by atoms with Gasteiger partial charge in [0.05, 0.1) is 28.8 Å². The molecule has 1 fully saturated rings. The van der Waals surface area contributed by atoms with Crippen LogP contribution in [0.4, 0.5) is 0 Å². The van der Waals surface area contributed by atoms with E-state index in [0.717, 1.165) is 47.7 Å². The van der Waals surface area contributed by atoms with E-state index in [0.29, 0.717) is 18.7 Å². The smallest absolute Gasteiger partial charge is 0.255 e. The van der Waals surface area contributed by atoms with Crippen LogP contribution in [0.1, 0.15) is 52.9 Å². The number of piperazine rings is 1. The molecule has 0 spiro atoms. The predicted octanol–water partition coefficient (Wildman–Crippen LogP) is 3.54. The number of fused-ring (bicyclic) bond motifs is 2. The number of aromatic nitrogens is 5. The minimum absolute atomic E-state index is 0.0558. The van der Waals surface area contributed by atoms with E-state index in [2.05, 4.69) is 60.4 Å². The number of aryl methyl sites for hydroxylation is 3. The third-order valence-electron chi connectivity index (χ3n) is 6.59. The summed E-state index contributed by atoms with van der Waals surface area (Å²) in [5.74, 6) is 0.0558. The van der Waals surface area contributed by atoms with Gasteiger partial charge in [0.2, 0.25) is 0 Å². The van der Waals surface area contributed by atoms with Crippen molar-refractivity contribution in [1.29, 1.82) is 0 Å². The van der Waals surface area contributed by atoms with Crippen molar-refractivity contribution in [2.75, 3.05) is 26.2 Å². The van der Waals surface area contributed by atoms with Gasteiger partial charge in [0.25, 0.3) is 5.91 Å². The van der Waals surface area contributed by atoms with Gasteiger partial charge in [-0.1, -0.05) is 0 Å². The van der Waals surface area contributed by atoms with Crippen LogP contribution < -0.4 is 0 Å². The number of nitrogens with zero attached hydrogens (tertiary/aromatic N) is 7. The van der Waals surface area contributed by atoms with Gasteiger partial charge in [-0.15, -0.1) is 0 Å². The van der Waals surface area contributed by atoms with Crippen LogP contribution in [0.3, 0.4) is 0 Å². The van der Waals surface area contributed by atoms with E-state index in [-0.39, 0.29) is 11.9 Å². The maximum Gasteiger partial charge on any atom is 0.255 e. The Kier molecular flexibility index (Phi) is 5.40. The summed E-state index contributed by atoms with van der Waals surface area (Å²) in [4.78, 5) is 27.1. The Hall–Kier alpha value is -3.26. The SMILES string of the molecule is Cc1ccn2c(CN3CCN(C(=O)c4cc5cnn(C(C)C)c5nc4C)CC3)c(C)nc2c1. The predicted molar refractivity (Wildman–Crippen MR) is 128 cm³/mol. The van der Waals surface area contributed by atoms with Crippen LogP contribution >= 0.6 is 0 Å². The van der Waals surface area contributed by atoms with Crippen molar-refractivity contribution >= 4 is 22.6 Å². The zero-order chi connectivity index (χ0) is 23.3. The minimum atomic E-state index is 0.0558. The van der Waals surface area contributed by atoms with Crippen LogP contribution in [0.25, 0.3) is 16.7 Å². The fourth-order valence-electron chi connectivity index (χ4n) is 4.66. The molecular formula is C25H31N7O. The van der Waals surface area contributed by atoms with Crippen LogP contribution in [0.5, 0.6) is 0 Å².